The van der Waals surface area contributed by atoms with Gasteiger partial charge in [-0.3, -0.25) is 0 Å². The van der Waals surface area contributed by atoms with Gasteiger partial charge in [0.05, 0.1) is 18.5 Å². The van der Waals surface area contributed by atoms with E-state index >= 15 is 0 Å². The number of fused-ring (bicyclic) bond motifs is 3. The van der Waals surface area contributed by atoms with Crippen LogP contribution in [-0.2, 0) is 29.4 Å². The number of nitrogens with zero attached hydrogens (tertiary/aromatic N) is 5. The summed E-state index contributed by atoms with van der Waals surface area (Å²) >= 11 is 0. The van der Waals surface area contributed by atoms with Gasteiger partial charge in [-0.15, -0.1) is 0 Å². The van der Waals surface area contributed by atoms with Gasteiger partial charge in [-0.1, -0.05) is 57.2 Å². The second kappa shape index (κ2) is 8.30. The summed E-state index contributed by atoms with van der Waals surface area (Å²) in [6, 6.07) is 15.2. The number of hydrogen-bond acceptors (Lipinski definition) is 6. The number of imidazole rings is 1. The van der Waals surface area contributed by atoms with Crippen molar-refractivity contribution < 1.29 is 4.74 Å². The van der Waals surface area contributed by atoms with E-state index in [4.69, 9.17) is 14.7 Å². The third-order valence-electron chi connectivity index (χ3n) is 7.78. The largest absolute Gasteiger partial charge is 0.365 e. The highest BCUT2D eigenvalue weighted by Gasteiger charge is 2.42. The van der Waals surface area contributed by atoms with Gasteiger partial charge in [0, 0.05) is 25.8 Å². The number of hydrogen-bond donors (Lipinski definition) is 1. The molecule has 7 heteroatoms. The number of ether oxygens (including phenoxy) is 1. The Hall–Kier alpha value is -3.45. The molecule has 0 unspecified atom stereocenters. The van der Waals surface area contributed by atoms with E-state index in [2.05, 4.69) is 85.4 Å². The lowest BCUT2D eigenvalue weighted by molar-refractivity contribution is -0.0552. The molecule has 4 aromatic rings. The Morgan fingerprint density at radius 1 is 1.03 bits per heavy atom. The van der Waals surface area contributed by atoms with E-state index in [1.807, 2.05) is 11.6 Å². The summed E-state index contributed by atoms with van der Waals surface area (Å²) in [6.07, 6.45) is 3.65. The first-order valence-corrected chi connectivity index (χ1v) is 12.8. The standard InChI is InChI=1S/C29H34N6O/c1-19-10-11-21(28(2,3)4)16-23(19)31-26-24-25(30-18-34(24)5)32-27(33-26)35-14-12-29(13-15-35)22-9-7-6-8-20(22)17-36-29/h6-11,16,18H,12-15,17H2,1-5H3,(H,31,32,33). The summed E-state index contributed by atoms with van der Waals surface area (Å²) < 4.78 is 8.35. The van der Waals surface area contributed by atoms with Crippen LogP contribution in [-0.4, -0.2) is 32.6 Å². The second-order valence-corrected chi connectivity index (χ2v) is 11.2. The van der Waals surface area contributed by atoms with E-state index < -0.39 is 0 Å². The van der Waals surface area contributed by atoms with Gasteiger partial charge in [-0.05, 0) is 53.5 Å². The minimum absolute atomic E-state index is 0.0630. The highest BCUT2D eigenvalue weighted by Crippen LogP contribution is 2.44. The maximum Gasteiger partial charge on any atom is 0.229 e. The Morgan fingerprint density at radius 2 is 1.81 bits per heavy atom. The molecule has 1 fully saturated rings. The summed E-state index contributed by atoms with van der Waals surface area (Å²) in [5, 5.41) is 3.63. The van der Waals surface area contributed by atoms with E-state index in [0.29, 0.717) is 12.3 Å². The van der Waals surface area contributed by atoms with Crippen molar-refractivity contribution in [3.8, 4) is 0 Å². The molecule has 0 aliphatic carbocycles. The molecule has 0 amide bonds. The van der Waals surface area contributed by atoms with E-state index in [0.717, 1.165) is 48.9 Å². The van der Waals surface area contributed by atoms with Gasteiger partial charge in [-0.2, -0.15) is 9.97 Å². The predicted octanol–water partition coefficient (Wildman–Crippen LogP) is 5.74. The molecule has 1 N–H and O–H groups in total. The quantitative estimate of drug-likeness (QED) is 0.402. The molecule has 0 bridgehead atoms. The fraction of sp³-hybridized carbons (Fsp3) is 0.414. The third-order valence-corrected chi connectivity index (χ3v) is 7.78. The van der Waals surface area contributed by atoms with Gasteiger partial charge in [0.15, 0.2) is 11.5 Å². The highest BCUT2D eigenvalue weighted by molar-refractivity contribution is 5.87. The molecule has 1 spiro atoms. The van der Waals surface area contributed by atoms with Crippen molar-refractivity contribution in [2.75, 3.05) is 23.3 Å². The van der Waals surface area contributed by atoms with Gasteiger partial charge in [0.25, 0.3) is 0 Å². The smallest absolute Gasteiger partial charge is 0.229 e. The maximum atomic E-state index is 6.37. The fourth-order valence-corrected chi connectivity index (χ4v) is 5.49. The van der Waals surface area contributed by atoms with Gasteiger partial charge in [0.2, 0.25) is 5.95 Å². The zero-order chi connectivity index (χ0) is 25.1. The average molecular weight is 483 g/mol. The van der Waals surface area contributed by atoms with Crippen molar-refractivity contribution in [3.05, 3.63) is 71.0 Å². The van der Waals surface area contributed by atoms with Crippen LogP contribution in [0.2, 0.25) is 0 Å². The maximum absolute atomic E-state index is 6.37. The minimum atomic E-state index is -0.187. The molecule has 2 aromatic carbocycles. The molecule has 1 saturated heterocycles. The number of aryl methyl sites for hydroxylation is 2. The van der Waals surface area contributed by atoms with Gasteiger partial charge in [0.1, 0.15) is 5.52 Å². The summed E-state index contributed by atoms with van der Waals surface area (Å²) in [5.74, 6) is 1.50. The van der Waals surface area contributed by atoms with E-state index in [1.165, 1.54) is 22.3 Å². The SMILES string of the molecule is Cc1ccc(C(C)(C)C)cc1Nc1nc(N2CCC3(CC2)OCc2ccccc23)nc2ncn(C)c12. The lowest BCUT2D eigenvalue weighted by Crippen LogP contribution is -2.43. The van der Waals surface area contributed by atoms with Crippen LogP contribution < -0.4 is 10.2 Å². The fourth-order valence-electron chi connectivity index (χ4n) is 5.49. The zero-order valence-corrected chi connectivity index (χ0v) is 21.8. The molecule has 2 aliphatic rings. The van der Waals surface area contributed by atoms with Crippen molar-refractivity contribution in [3.63, 3.8) is 0 Å². The zero-order valence-electron chi connectivity index (χ0n) is 21.8. The Morgan fingerprint density at radius 3 is 2.58 bits per heavy atom. The number of nitrogens with one attached hydrogen (secondary N) is 1. The van der Waals surface area contributed by atoms with Crippen LogP contribution in [0.4, 0.5) is 17.5 Å². The Balaban J connectivity index is 1.32. The number of piperidine rings is 1. The lowest BCUT2D eigenvalue weighted by atomic mass is 9.84. The van der Waals surface area contributed by atoms with Crippen LogP contribution in [0.1, 0.15) is 55.9 Å². The molecule has 186 valence electrons. The molecule has 2 aliphatic heterocycles. The topological polar surface area (TPSA) is 68.1 Å². The van der Waals surface area contributed by atoms with Crippen molar-refractivity contribution in [2.24, 2.45) is 7.05 Å². The Bertz CT molecular complexity index is 1440. The number of anilines is 3. The van der Waals surface area contributed by atoms with E-state index in [-0.39, 0.29) is 11.0 Å². The van der Waals surface area contributed by atoms with Crippen LogP contribution in [0.15, 0.2) is 48.8 Å². The first-order valence-electron chi connectivity index (χ1n) is 12.8. The molecule has 7 nitrogen and oxygen atoms in total. The highest BCUT2D eigenvalue weighted by atomic mass is 16.5. The first-order chi connectivity index (χ1) is 17.2. The second-order valence-electron chi connectivity index (χ2n) is 11.2. The number of rotatable bonds is 3. The van der Waals surface area contributed by atoms with Gasteiger partial charge >= 0.3 is 0 Å². The van der Waals surface area contributed by atoms with E-state index in [9.17, 15) is 0 Å². The lowest BCUT2D eigenvalue weighted by Gasteiger charge is -2.39. The summed E-state index contributed by atoms with van der Waals surface area (Å²) in [6.45, 7) is 11.2. The normalized spacial score (nSPS) is 17.1. The molecule has 2 aromatic heterocycles. The van der Waals surface area contributed by atoms with Crippen molar-refractivity contribution >= 4 is 28.6 Å². The van der Waals surface area contributed by atoms with Crippen molar-refractivity contribution in [2.45, 2.75) is 58.2 Å². The van der Waals surface area contributed by atoms with Gasteiger partial charge in [-0.25, -0.2) is 4.98 Å². The van der Waals surface area contributed by atoms with Crippen LogP contribution in [0.25, 0.3) is 11.2 Å². The molecule has 0 saturated carbocycles. The third kappa shape index (κ3) is 3.82. The first kappa shape index (κ1) is 23.0. The van der Waals surface area contributed by atoms with Crippen molar-refractivity contribution in [1.29, 1.82) is 0 Å². The summed E-state index contributed by atoms with van der Waals surface area (Å²) in [4.78, 5) is 16.8. The van der Waals surface area contributed by atoms with E-state index in [1.54, 1.807) is 6.33 Å². The Labute approximate surface area is 212 Å². The molecular weight excluding hydrogens is 448 g/mol. The summed E-state index contributed by atoms with van der Waals surface area (Å²) in [5.41, 5.74) is 7.67. The number of benzene rings is 2. The molecule has 6 rings (SSSR count). The Kier molecular flexibility index (Phi) is 5.30. The number of aromatic nitrogens is 4. The average Bonchev–Trinajstić information content (AvgIpc) is 3.41. The minimum Gasteiger partial charge on any atom is -0.365 e. The summed E-state index contributed by atoms with van der Waals surface area (Å²) in [7, 11) is 1.99. The van der Waals surface area contributed by atoms with Crippen LogP contribution in [0.3, 0.4) is 0 Å². The monoisotopic (exact) mass is 482 g/mol. The molecular formula is C29H34N6O. The van der Waals surface area contributed by atoms with Crippen LogP contribution >= 0.6 is 0 Å². The molecule has 4 heterocycles. The van der Waals surface area contributed by atoms with Crippen LogP contribution in [0.5, 0.6) is 0 Å². The predicted molar refractivity (Wildman–Crippen MR) is 144 cm³/mol. The van der Waals surface area contributed by atoms with Crippen LogP contribution in [0, 0.1) is 6.92 Å². The molecule has 0 atom stereocenters. The molecule has 36 heavy (non-hydrogen) atoms. The van der Waals surface area contributed by atoms with Gasteiger partial charge < -0.3 is 19.5 Å². The molecule has 0 radical (unpaired) electrons. The van der Waals surface area contributed by atoms with Crippen molar-refractivity contribution in [1.82, 2.24) is 19.5 Å².